The summed E-state index contributed by atoms with van der Waals surface area (Å²) in [5.74, 6) is 5.86. The molecule has 0 atom stereocenters. The van der Waals surface area contributed by atoms with Gasteiger partial charge < -0.3 is 5.32 Å². The second kappa shape index (κ2) is 5.79. The van der Waals surface area contributed by atoms with E-state index in [0.717, 1.165) is 35.9 Å². The van der Waals surface area contributed by atoms with Gasteiger partial charge in [-0.2, -0.15) is 5.10 Å². The molecule has 82 valence electrons. The first kappa shape index (κ1) is 12.1. The van der Waals surface area contributed by atoms with Crippen LogP contribution in [0.2, 0.25) is 5.02 Å². The van der Waals surface area contributed by atoms with E-state index in [0.29, 0.717) is 0 Å². The highest BCUT2D eigenvalue weighted by molar-refractivity contribution is 6.31. The molecule has 0 saturated heterocycles. The highest BCUT2D eigenvalue weighted by Gasteiger charge is 2.09. The highest BCUT2D eigenvalue weighted by Crippen LogP contribution is 2.18. The fourth-order valence-corrected chi connectivity index (χ4v) is 1.58. The zero-order chi connectivity index (χ0) is 11.3. The lowest BCUT2D eigenvalue weighted by Gasteiger charge is -2.03. The van der Waals surface area contributed by atoms with Gasteiger partial charge in [0.2, 0.25) is 0 Å². The molecule has 0 unspecified atom stereocenters. The number of aryl methyl sites for hydroxylation is 2. The average Bonchev–Trinajstić information content (AvgIpc) is 2.44. The number of hydrogen-bond donors (Lipinski definition) is 1. The maximum atomic E-state index is 6.10. The van der Waals surface area contributed by atoms with Crippen LogP contribution in [0.3, 0.4) is 0 Å². The predicted molar refractivity (Wildman–Crippen MR) is 62.7 cm³/mol. The molecule has 4 heteroatoms. The van der Waals surface area contributed by atoms with Crippen LogP contribution < -0.4 is 5.32 Å². The van der Waals surface area contributed by atoms with Crippen LogP contribution in [0.5, 0.6) is 0 Å². The van der Waals surface area contributed by atoms with Gasteiger partial charge in [0.25, 0.3) is 0 Å². The van der Waals surface area contributed by atoms with Crippen molar-refractivity contribution < 1.29 is 0 Å². The van der Waals surface area contributed by atoms with Crippen LogP contribution in [-0.4, -0.2) is 16.3 Å². The van der Waals surface area contributed by atoms with Gasteiger partial charge in [-0.3, -0.25) is 4.68 Å². The summed E-state index contributed by atoms with van der Waals surface area (Å²) >= 11 is 6.10. The molecule has 0 aliphatic carbocycles. The van der Waals surface area contributed by atoms with Crippen LogP contribution >= 0.6 is 11.6 Å². The Balaban J connectivity index is 2.46. The van der Waals surface area contributed by atoms with Crippen LogP contribution in [0.25, 0.3) is 0 Å². The Bertz CT molecular complexity index is 385. The van der Waals surface area contributed by atoms with E-state index in [-0.39, 0.29) is 0 Å². The molecule has 1 N–H and O–H groups in total. The second-order valence-electron chi connectivity index (χ2n) is 3.32. The van der Waals surface area contributed by atoms with E-state index in [2.05, 4.69) is 22.3 Å². The normalized spacial score (nSPS) is 9.87. The van der Waals surface area contributed by atoms with Gasteiger partial charge in [-0.05, 0) is 13.8 Å². The minimum absolute atomic E-state index is 0.738. The number of nitrogens with zero attached hydrogens (tertiary/aromatic N) is 2. The summed E-state index contributed by atoms with van der Waals surface area (Å²) in [5.41, 5.74) is 1.91. The van der Waals surface area contributed by atoms with E-state index >= 15 is 0 Å². The van der Waals surface area contributed by atoms with E-state index in [9.17, 15) is 0 Å². The molecule has 1 aromatic rings. The minimum Gasteiger partial charge on any atom is -0.310 e. The number of aromatic nitrogens is 2. The molecule has 0 amide bonds. The standard InChI is InChI=1S/C11H16ClN3/c1-4-5-6-7-13-8-10-11(12)9(2)14-15(10)3/h13H,6-8H2,1-3H3. The van der Waals surface area contributed by atoms with Gasteiger partial charge in [0.1, 0.15) is 0 Å². The van der Waals surface area contributed by atoms with Gasteiger partial charge in [-0.1, -0.05) is 11.6 Å². The zero-order valence-corrected chi connectivity index (χ0v) is 10.1. The molecule has 3 nitrogen and oxygen atoms in total. The lowest BCUT2D eigenvalue weighted by atomic mass is 10.3. The second-order valence-corrected chi connectivity index (χ2v) is 3.70. The third-order valence-corrected chi connectivity index (χ3v) is 2.65. The fourth-order valence-electron chi connectivity index (χ4n) is 1.35. The first-order valence-electron chi connectivity index (χ1n) is 4.95. The van der Waals surface area contributed by atoms with Crippen molar-refractivity contribution in [1.82, 2.24) is 15.1 Å². The van der Waals surface area contributed by atoms with Crippen LogP contribution in [0.1, 0.15) is 24.7 Å². The van der Waals surface area contributed by atoms with Crippen molar-refractivity contribution in [3.05, 3.63) is 16.4 Å². The van der Waals surface area contributed by atoms with Crippen molar-refractivity contribution in [3.8, 4) is 11.8 Å². The molecular formula is C11H16ClN3. The lowest BCUT2D eigenvalue weighted by Crippen LogP contribution is -2.16. The van der Waals surface area contributed by atoms with Crippen LogP contribution in [0, 0.1) is 18.8 Å². The zero-order valence-electron chi connectivity index (χ0n) is 9.39. The quantitative estimate of drug-likeness (QED) is 0.627. The largest absolute Gasteiger partial charge is 0.310 e. The smallest absolute Gasteiger partial charge is 0.0860 e. The maximum Gasteiger partial charge on any atom is 0.0860 e. The van der Waals surface area contributed by atoms with Crippen molar-refractivity contribution >= 4 is 11.6 Å². The third-order valence-electron chi connectivity index (χ3n) is 2.16. The number of hydrogen-bond acceptors (Lipinski definition) is 2. The Morgan fingerprint density at radius 1 is 1.53 bits per heavy atom. The number of halogens is 1. The Labute approximate surface area is 95.8 Å². The Kier molecular flexibility index (Phi) is 4.67. The van der Waals surface area contributed by atoms with E-state index in [1.54, 1.807) is 0 Å². The molecule has 0 bridgehead atoms. The number of rotatable bonds is 4. The van der Waals surface area contributed by atoms with Crippen molar-refractivity contribution in [2.45, 2.75) is 26.8 Å². The molecular weight excluding hydrogens is 210 g/mol. The first-order chi connectivity index (χ1) is 7.16. The summed E-state index contributed by atoms with van der Waals surface area (Å²) in [6.07, 6.45) is 0.866. The molecule has 1 rings (SSSR count). The third kappa shape index (κ3) is 3.26. The Morgan fingerprint density at radius 2 is 2.27 bits per heavy atom. The molecule has 0 aliphatic heterocycles. The van der Waals surface area contributed by atoms with Crippen LogP contribution in [0.4, 0.5) is 0 Å². The summed E-state index contributed by atoms with van der Waals surface area (Å²) in [7, 11) is 1.90. The Morgan fingerprint density at radius 3 is 2.80 bits per heavy atom. The van der Waals surface area contributed by atoms with Crippen molar-refractivity contribution in [1.29, 1.82) is 0 Å². The van der Waals surface area contributed by atoms with E-state index in [4.69, 9.17) is 11.6 Å². The molecule has 15 heavy (non-hydrogen) atoms. The lowest BCUT2D eigenvalue weighted by molar-refractivity contribution is 0.630. The summed E-state index contributed by atoms with van der Waals surface area (Å²) in [5, 5.41) is 8.28. The molecule has 0 radical (unpaired) electrons. The summed E-state index contributed by atoms with van der Waals surface area (Å²) in [6.45, 7) is 5.37. The van der Waals surface area contributed by atoms with Crippen molar-refractivity contribution in [2.75, 3.05) is 6.54 Å². The summed E-state index contributed by atoms with van der Waals surface area (Å²) < 4.78 is 1.82. The average molecular weight is 226 g/mol. The number of nitrogens with one attached hydrogen (secondary N) is 1. The molecule has 0 aliphatic rings. The molecule has 1 heterocycles. The van der Waals surface area contributed by atoms with Crippen LogP contribution in [0.15, 0.2) is 0 Å². The summed E-state index contributed by atoms with van der Waals surface area (Å²) in [4.78, 5) is 0. The minimum atomic E-state index is 0.738. The van der Waals surface area contributed by atoms with Crippen LogP contribution in [-0.2, 0) is 13.6 Å². The van der Waals surface area contributed by atoms with Gasteiger partial charge in [0.05, 0.1) is 16.4 Å². The molecule has 0 aromatic carbocycles. The fraction of sp³-hybridized carbons (Fsp3) is 0.545. The van der Waals surface area contributed by atoms with E-state index in [1.165, 1.54) is 0 Å². The topological polar surface area (TPSA) is 29.9 Å². The van der Waals surface area contributed by atoms with Gasteiger partial charge in [0.15, 0.2) is 0 Å². The molecule has 0 spiro atoms. The predicted octanol–water partition coefficient (Wildman–Crippen LogP) is 1.88. The van der Waals surface area contributed by atoms with Gasteiger partial charge in [-0.25, -0.2) is 0 Å². The highest BCUT2D eigenvalue weighted by atomic mass is 35.5. The molecule has 1 aromatic heterocycles. The van der Waals surface area contributed by atoms with Crippen molar-refractivity contribution in [3.63, 3.8) is 0 Å². The maximum absolute atomic E-state index is 6.10. The SMILES string of the molecule is CC#CCCNCc1c(Cl)c(C)nn1C. The van der Waals surface area contributed by atoms with Crippen molar-refractivity contribution in [2.24, 2.45) is 7.05 Å². The van der Waals surface area contributed by atoms with Gasteiger partial charge >= 0.3 is 0 Å². The first-order valence-corrected chi connectivity index (χ1v) is 5.33. The monoisotopic (exact) mass is 225 g/mol. The van der Waals surface area contributed by atoms with E-state index in [1.807, 2.05) is 25.6 Å². The summed E-state index contributed by atoms with van der Waals surface area (Å²) in [6, 6.07) is 0. The van der Waals surface area contributed by atoms with Gasteiger partial charge in [0, 0.05) is 26.6 Å². The van der Waals surface area contributed by atoms with Gasteiger partial charge in [-0.15, -0.1) is 11.8 Å². The molecule has 0 fully saturated rings. The van der Waals surface area contributed by atoms with E-state index < -0.39 is 0 Å². The molecule has 0 saturated carbocycles. The Hall–Kier alpha value is -0.980.